The topological polar surface area (TPSA) is 0 Å². The molecule has 0 nitrogen and oxygen atoms in total. The van der Waals surface area contributed by atoms with Gasteiger partial charge in [0.05, 0.1) is 8.07 Å². The third kappa shape index (κ3) is 2.31. The first-order chi connectivity index (χ1) is 6.23. The number of hydrogen-bond donors (Lipinski definition) is 0. The summed E-state index contributed by atoms with van der Waals surface area (Å²) < 4.78 is 0. The second-order valence-electron chi connectivity index (χ2n) is 3.77. The molecule has 0 aliphatic rings. The Morgan fingerprint density at radius 1 is 1.31 bits per heavy atom. The van der Waals surface area contributed by atoms with Crippen molar-refractivity contribution in [1.82, 2.24) is 0 Å². The minimum Gasteiger partial charge on any atom is -0.103 e. The van der Waals surface area contributed by atoms with Gasteiger partial charge in [-0.2, -0.15) is 0 Å². The van der Waals surface area contributed by atoms with Gasteiger partial charge in [-0.3, -0.25) is 0 Å². The van der Waals surface area contributed by atoms with Crippen molar-refractivity contribution >= 4 is 13.3 Å². The highest BCUT2D eigenvalue weighted by atomic mass is 28.3. The van der Waals surface area contributed by atoms with E-state index in [0.717, 1.165) is 0 Å². The molecule has 0 aliphatic heterocycles. The van der Waals surface area contributed by atoms with Crippen molar-refractivity contribution in [1.29, 1.82) is 0 Å². The number of allylic oxidation sites excluding steroid dienone is 1. The maximum Gasteiger partial charge on any atom is 0.0870 e. The summed E-state index contributed by atoms with van der Waals surface area (Å²) in [5, 5.41) is 1.55. The van der Waals surface area contributed by atoms with Gasteiger partial charge in [-0.15, -0.1) is 6.58 Å². The quantitative estimate of drug-likeness (QED) is 0.505. The molecule has 0 fully saturated rings. The molecule has 0 saturated carbocycles. The first-order valence-corrected chi connectivity index (χ1v) is 7.81. The van der Waals surface area contributed by atoms with Crippen LogP contribution < -0.4 is 5.19 Å². The maximum atomic E-state index is 3.85. The van der Waals surface area contributed by atoms with Gasteiger partial charge in [-0.25, -0.2) is 0 Å². The van der Waals surface area contributed by atoms with Gasteiger partial charge in [0.15, 0.2) is 0 Å². The maximum absolute atomic E-state index is 3.85. The van der Waals surface area contributed by atoms with E-state index in [-0.39, 0.29) is 0 Å². The first kappa shape index (κ1) is 10.3. The molecule has 0 N–H and O–H groups in total. The Bertz CT molecular complexity index is 266. The van der Waals surface area contributed by atoms with Crippen LogP contribution in [0.25, 0.3) is 0 Å². The van der Waals surface area contributed by atoms with Gasteiger partial charge in [0, 0.05) is 0 Å². The van der Waals surface area contributed by atoms with Crippen molar-refractivity contribution in [3.8, 4) is 0 Å². The molecule has 0 amide bonds. The fourth-order valence-corrected chi connectivity index (χ4v) is 4.19. The van der Waals surface area contributed by atoms with Crippen LogP contribution in [0.15, 0.2) is 43.0 Å². The Hall–Kier alpha value is -0.823. The van der Waals surface area contributed by atoms with Gasteiger partial charge in [0.25, 0.3) is 0 Å². The molecule has 0 aliphatic carbocycles. The summed E-state index contributed by atoms with van der Waals surface area (Å²) in [4.78, 5) is 0. The molecule has 1 aromatic carbocycles. The highest BCUT2D eigenvalue weighted by molar-refractivity contribution is 6.91. The third-order valence-electron chi connectivity index (χ3n) is 2.85. The molecule has 1 atom stereocenters. The van der Waals surface area contributed by atoms with Crippen molar-refractivity contribution in [3.63, 3.8) is 0 Å². The molecule has 70 valence electrons. The third-order valence-corrected chi connectivity index (χ3v) is 7.32. The van der Waals surface area contributed by atoms with Crippen molar-refractivity contribution < 1.29 is 0 Å². The average Bonchev–Trinajstić information content (AvgIpc) is 2.19. The zero-order chi connectivity index (χ0) is 9.73. The van der Waals surface area contributed by atoms with Crippen LogP contribution in [-0.2, 0) is 0 Å². The van der Waals surface area contributed by atoms with E-state index in [1.807, 2.05) is 0 Å². The minimum absolute atomic E-state index is 1.19. The van der Waals surface area contributed by atoms with Gasteiger partial charge in [-0.1, -0.05) is 61.1 Å². The lowest BCUT2D eigenvalue weighted by Crippen LogP contribution is -2.43. The van der Waals surface area contributed by atoms with Crippen LogP contribution >= 0.6 is 0 Å². The highest BCUT2D eigenvalue weighted by Gasteiger charge is 2.24. The lowest BCUT2D eigenvalue weighted by Gasteiger charge is -2.24. The SMILES string of the molecule is C=CC[Si](C)(CC)c1ccccc1. The number of hydrogen-bond acceptors (Lipinski definition) is 0. The van der Waals surface area contributed by atoms with E-state index < -0.39 is 8.07 Å². The first-order valence-electron chi connectivity index (χ1n) is 4.89. The summed E-state index contributed by atoms with van der Waals surface area (Å²) in [7, 11) is -1.22. The standard InChI is InChI=1S/C12H18Si/c1-4-11-13(3,5-2)12-9-7-6-8-10-12/h4,6-10H,1,5,11H2,2-3H3. The fraction of sp³-hybridized carbons (Fsp3) is 0.333. The van der Waals surface area contributed by atoms with E-state index in [4.69, 9.17) is 0 Å². The van der Waals surface area contributed by atoms with E-state index in [1.54, 1.807) is 5.19 Å². The molecule has 0 heterocycles. The lowest BCUT2D eigenvalue weighted by atomic mass is 10.4. The van der Waals surface area contributed by atoms with E-state index in [2.05, 4.69) is 56.5 Å². The Balaban J connectivity index is 2.95. The van der Waals surface area contributed by atoms with Crippen LogP contribution in [0.4, 0.5) is 0 Å². The Kier molecular flexibility index (Phi) is 3.49. The van der Waals surface area contributed by atoms with Crippen molar-refractivity contribution in [2.75, 3.05) is 0 Å². The molecule has 0 saturated heterocycles. The van der Waals surface area contributed by atoms with Crippen molar-refractivity contribution in [3.05, 3.63) is 43.0 Å². The second kappa shape index (κ2) is 4.42. The van der Waals surface area contributed by atoms with Crippen LogP contribution in [0.3, 0.4) is 0 Å². The zero-order valence-electron chi connectivity index (χ0n) is 8.59. The van der Waals surface area contributed by atoms with Crippen molar-refractivity contribution in [2.45, 2.75) is 25.6 Å². The molecule has 1 unspecified atom stereocenters. The predicted molar refractivity (Wildman–Crippen MR) is 63.2 cm³/mol. The van der Waals surface area contributed by atoms with E-state index in [0.29, 0.717) is 0 Å². The van der Waals surface area contributed by atoms with E-state index in [9.17, 15) is 0 Å². The molecule has 0 spiro atoms. The van der Waals surface area contributed by atoms with Crippen LogP contribution in [0.2, 0.25) is 18.6 Å². The molecule has 1 rings (SSSR count). The summed E-state index contributed by atoms with van der Waals surface area (Å²) in [5.41, 5.74) is 0. The zero-order valence-corrected chi connectivity index (χ0v) is 9.59. The lowest BCUT2D eigenvalue weighted by molar-refractivity contribution is 1.33. The molecule has 1 aromatic rings. The fourth-order valence-electron chi connectivity index (χ4n) is 1.63. The van der Waals surface area contributed by atoms with Gasteiger partial charge < -0.3 is 0 Å². The molecular formula is C12H18Si. The summed E-state index contributed by atoms with van der Waals surface area (Å²) in [6.45, 7) is 8.58. The smallest absolute Gasteiger partial charge is 0.0870 e. The summed E-state index contributed by atoms with van der Waals surface area (Å²) in [6, 6.07) is 13.4. The minimum atomic E-state index is -1.22. The van der Waals surface area contributed by atoms with E-state index in [1.165, 1.54) is 12.1 Å². The van der Waals surface area contributed by atoms with Crippen LogP contribution in [0.1, 0.15) is 6.92 Å². The van der Waals surface area contributed by atoms with Crippen molar-refractivity contribution in [2.24, 2.45) is 0 Å². The van der Waals surface area contributed by atoms with Crippen LogP contribution in [-0.4, -0.2) is 8.07 Å². The number of rotatable bonds is 4. The summed E-state index contributed by atoms with van der Waals surface area (Å²) >= 11 is 0. The van der Waals surface area contributed by atoms with Crippen LogP contribution in [0.5, 0.6) is 0 Å². The summed E-state index contributed by atoms with van der Waals surface area (Å²) in [5.74, 6) is 0. The molecule has 13 heavy (non-hydrogen) atoms. The number of benzene rings is 1. The molecule has 0 radical (unpaired) electrons. The summed E-state index contributed by atoms with van der Waals surface area (Å²) in [6.07, 6.45) is 2.07. The predicted octanol–water partition coefficient (Wildman–Crippen LogP) is 3.18. The highest BCUT2D eigenvalue weighted by Crippen LogP contribution is 2.15. The normalized spacial score (nSPS) is 14.9. The van der Waals surface area contributed by atoms with Gasteiger partial charge in [-0.05, 0) is 6.04 Å². The molecule has 0 bridgehead atoms. The second-order valence-corrected chi connectivity index (χ2v) is 8.59. The van der Waals surface area contributed by atoms with Gasteiger partial charge in [0.2, 0.25) is 0 Å². The van der Waals surface area contributed by atoms with E-state index >= 15 is 0 Å². The van der Waals surface area contributed by atoms with Gasteiger partial charge >= 0.3 is 0 Å². The van der Waals surface area contributed by atoms with Gasteiger partial charge in [0.1, 0.15) is 0 Å². The Morgan fingerprint density at radius 2 is 1.92 bits per heavy atom. The Morgan fingerprint density at radius 3 is 2.38 bits per heavy atom. The molecule has 1 heteroatoms. The molecular weight excluding hydrogens is 172 g/mol. The average molecular weight is 190 g/mol. The largest absolute Gasteiger partial charge is 0.103 e. The Labute approximate surface area is 82.3 Å². The molecule has 0 aromatic heterocycles. The van der Waals surface area contributed by atoms with Crippen LogP contribution in [0, 0.1) is 0 Å². The monoisotopic (exact) mass is 190 g/mol.